The molecule has 0 amide bonds. The summed E-state index contributed by atoms with van der Waals surface area (Å²) in [5.41, 5.74) is -0.576. The first-order valence-electron chi connectivity index (χ1n) is 10.4. The molecule has 1 unspecified atom stereocenters. The molecule has 4 nitrogen and oxygen atoms in total. The van der Waals surface area contributed by atoms with Gasteiger partial charge in [0.1, 0.15) is 17.0 Å². The van der Waals surface area contributed by atoms with Gasteiger partial charge < -0.3 is 9.16 Å². The molecule has 0 saturated heterocycles. The highest BCUT2D eigenvalue weighted by Crippen LogP contribution is 2.57. The summed E-state index contributed by atoms with van der Waals surface area (Å²) in [7, 11) is -0.570. The van der Waals surface area contributed by atoms with Crippen molar-refractivity contribution in [2.24, 2.45) is 16.7 Å². The van der Waals surface area contributed by atoms with Crippen LogP contribution in [0.2, 0.25) is 16.6 Å². The van der Waals surface area contributed by atoms with Crippen molar-refractivity contribution >= 4 is 19.9 Å². The monoisotopic (exact) mass is 394 g/mol. The summed E-state index contributed by atoms with van der Waals surface area (Å²) in [5, 5.41) is 0. The number of ether oxygens (including phenoxy) is 1. The lowest BCUT2D eigenvalue weighted by molar-refractivity contribution is -0.162. The molecule has 5 heteroatoms. The molecule has 1 fully saturated rings. The first-order valence-corrected chi connectivity index (χ1v) is 12.5. The van der Waals surface area contributed by atoms with Crippen LogP contribution in [0.1, 0.15) is 68.2 Å². The van der Waals surface area contributed by atoms with Crippen molar-refractivity contribution in [2.75, 3.05) is 13.7 Å². The van der Waals surface area contributed by atoms with Crippen LogP contribution in [-0.2, 0) is 18.8 Å². The molecule has 0 spiro atoms. The quantitative estimate of drug-likeness (QED) is 0.551. The van der Waals surface area contributed by atoms with Crippen molar-refractivity contribution < 1.29 is 18.8 Å². The average molecular weight is 395 g/mol. The van der Waals surface area contributed by atoms with Gasteiger partial charge in [0.05, 0.1) is 13.7 Å². The molecule has 27 heavy (non-hydrogen) atoms. The zero-order chi connectivity index (χ0) is 20.8. The average Bonchev–Trinajstić information content (AvgIpc) is 2.55. The van der Waals surface area contributed by atoms with Gasteiger partial charge in [0.25, 0.3) is 0 Å². The van der Waals surface area contributed by atoms with E-state index in [0.29, 0.717) is 35.2 Å². The zero-order valence-electron chi connectivity index (χ0n) is 18.6. The number of methoxy groups -OCH3 is 1. The van der Waals surface area contributed by atoms with E-state index in [1.54, 1.807) is 7.11 Å². The second-order valence-corrected chi connectivity index (χ2v) is 15.3. The SMILES string of the molecule is COC1=CCC2CC(=O)C(C)(C)[C@]1(CO[Si](C(C)C)(C(C)C)C(C)C)C2=O. The summed E-state index contributed by atoms with van der Waals surface area (Å²) >= 11 is 0. The minimum absolute atomic E-state index is 0.130. The molecule has 0 N–H and O–H groups in total. The number of fused-ring (bicyclic) bond motifs is 2. The van der Waals surface area contributed by atoms with Gasteiger partial charge in [-0.15, -0.1) is 0 Å². The van der Waals surface area contributed by atoms with Crippen LogP contribution in [0.3, 0.4) is 0 Å². The van der Waals surface area contributed by atoms with E-state index in [0.717, 1.165) is 0 Å². The molecule has 2 atom stereocenters. The summed E-state index contributed by atoms with van der Waals surface area (Å²) in [4.78, 5) is 26.5. The Hall–Kier alpha value is -0.943. The molecule has 0 heterocycles. The summed E-state index contributed by atoms with van der Waals surface area (Å²) in [5.74, 6) is 0.664. The van der Waals surface area contributed by atoms with Crippen LogP contribution in [0.4, 0.5) is 0 Å². The van der Waals surface area contributed by atoms with Gasteiger partial charge >= 0.3 is 0 Å². The Balaban J connectivity index is 2.57. The Morgan fingerprint density at radius 3 is 2.04 bits per heavy atom. The van der Waals surface area contributed by atoms with Gasteiger partial charge in [-0.1, -0.05) is 55.4 Å². The third-order valence-electron chi connectivity index (χ3n) is 7.46. The van der Waals surface area contributed by atoms with Crippen LogP contribution in [0.15, 0.2) is 11.8 Å². The molecule has 0 aromatic rings. The fourth-order valence-corrected chi connectivity index (χ4v) is 11.3. The zero-order valence-corrected chi connectivity index (χ0v) is 19.6. The molecule has 0 aromatic carbocycles. The van der Waals surface area contributed by atoms with Crippen molar-refractivity contribution in [1.29, 1.82) is 0 Å². The topological polar surface area (TPSA) is 52.6 Å². The summed E-state index contributed by atoms with van der Waals surface area (Å²) in [6.45, 7) is 17.5. The van der Waals surface area contributed by atoms with Crippen molar-refractivity contribution in [2.45, 2.75) is 84.9 Å². The van der Waals surface area contributed by atoms with Crippen molar-refractivity contribution in [3.8, 4) is 0 Å². The lowest BCUT2D eigenvalue weighted by atomic mass is 9.51. The summed E-state index contributed by atoms with van der Waals surface area (Å²) in [6.07, 6.45) is 2.95. The molecule has 2 aliphatic carbocycles. The van der Waals surface area contributed by atoms with E-state index in [9.17, 15) is 9.59 Å². The maximum Gasteiger partial charge on any atom is 0.200 e. The minimum atomic E-state index is -2.18. The van der Waals surface area contributed by atoms with Gasteiger partial charge in [0, 0.05) is 17.8 Å². The normalized spacial score (nSPS) is 28.1. The molecular weight excluding hydrogens is 356 g/mol. The van der Waals surface area contributed by atoms with Gasteiger partial charge in [0.15, 0.2) is 14.1 Å². The molecule has 154 valence electrons. The Morgan fingerprint density at radius 2 is 1.59 bits per heavy atom. The Kier molecular flexibility index (Phi) is 6.18. The maximum absolute atomic E-state index is 13.5. The third-order valence-corrected chi connectivity index (χ3v) is 13.5. The standard InChI is InChI=1S/C22H38O4Si/c1-14(2)27(15(3)4,16(5)6)26-13-22-19(25-9)11-10-17(20(22)24)12-18(23)21(22,7)8/h11,14-17H,10,12-13H2,1-9H3/t17?,22-/m0/s1. The summed E-state index contributed by atoms with van der Waals surface area (Å²) in [6, 6.07) is 0. The third kappa shape index (κ3) is 3.05. The van der Waals surface area contributed by atoms with Gasteiger partial charge in [-0.2, -0.15) is 0 Å². The molecule has 2 rings (SSSR count). The van der Waals surface area contributed by atoms with E-state index in [4.69, 9.17) is 9.16 Å². The maximum atomic E-state index is 13.5. The Bertz CT molecular complexity index is 610. The number of carbonyl (C=O) groups excluding carboxylic acids is 2. The van der Waals surface area contributed by atoms with Gasteiger partial charge in [0.2, 0.25) is 0 Å². The van der Waals surface area contributed by atoms with Crippen LogP contribution < -0.4 is 0 Å². The lowest BCUT2D eigenvalue weighted by Gasteiger charge is -2.54. The predicted octanol–water partition coefficient (Wildman–Crippen LogP) is 5.28. The minimum Gasteiger partial charge on any atom is -0.500 e. The van der Waals surface area contributed by atoms with Gasteiger partial charge in [-0.05, 0) is 29.1 Å². The first-order chi connectivity index (χ1) is 12.4. The number of allylic oxidation sites excluding steroid dienone is 1. The van der Waals surface area contributed by atoms with Crippen molar-refractivity contribution in [3.05, 3.63) is 11.8 Å². The van der Waals surface area contributed by atoms with Crippen molar-refractivity contribution in [3.63, 3.8) is 0 Å². The van der Waals surface area contributed by atoms with Crippen LogP contribution >= 0.6 is 0 Å². The van der Waals surface area contributed by atoms with Crippen LogP contribution in [0.5, 0.6) is 0 Å². The van der Waals surface area contributed by atoms with E-state index in [1.165, 1.54) is 0 Å². The largest absolute Gasteiger partial charge is 0.500 e. The van der Waals surface area contributed by atoms with E-state index in [1.807, 2.05) is 19.9 Å². The van der Waals surface area contributed by atoms with Crippen LogP contribution in [0, 0.1) is 16.7 Å². The number of carbonyl (C=O) groups is 2. The van der Waals surface area contributed by atoms with E-state index >= 15 is 0 Å². The molecule has 2 bridgehead atoms. The molecule has 1 saturated carbocycles. The first kappa shape index (κ1) is 22.3. The van der Waals surface area contributed by atoms with E-state index < -0.39 is 19.1 Å². The van der Waals surface area contributed by atoms with E-state index in [2.05, 4.69) is 41.5 Å². The molecular formula is C22H38O4Si. The van der Waals surface area contributed by atoms with Gasteiger partial charge in [-0.25, -0.2) is 0 Å². The second-order valence-electron chi connectivity index (χ2n) is 9.83. The number of hydrogen-bond donors (Lipinski definition) is 0. The fourth-order valence-electron chi connectivity index (χ4n) is 5.82. The highest BCUT2D eigenvalue weighted by Gasteiger charge is 2.65. The molecule has 0 aromatic heterocycles. The number of hydrogen-bond acceptors (Lipinski definition) is 4. The van der Waals surface area contributed by atoms with Gasteiger partial charge in [-0.3, -0.25) is 9.59 Å². The number of ketones is 2. The van der Waals surface area contributed by atoms with Crippen LogP contribution in [0.25, 0.3) is 0 Å². The Labute approximate surface area is 166 Å². The van der Waals surface area contributed by atoms with Crippen molar-refractivity contribution in [1.82, 2.24) is 0 Å². The summed E-state index contributed by atoms with van der Waals surface area (Å²) < 4.78 is 12.6. The highest BCUT2D eigenvalue weighted by molar-refractivity contribution is 6.77. The second kappa shape index (κ2) is 7.47. The highest BCUT2D eigenvalue weighted by atomic mass is 28.4. The van der Waals surface area contributed by atoms with Crippen LogP contribution in [-0.4, -0.2) is 33.6 Å². The lowest BCUT2D eigenvalue weighted by Crippen LogP contribution is -2.62. The predicted molar refractivity (Wildman–Crippen MR) is 111 cm³/mol. The van der Waals surface area contributed by atoms with E-state index in [-0.39, 0.29) is 24.1 Å². The fraction of sp³-hybridized carbons (Fsp3) is 0.818. The smallest absolute Gasteiger partial charge is 0.200 e. The molecule has 0 aliphatic heterocycles. The number of Topliss-reactive ketones (excluding diaryl/α,β-unsaturated/α-hetero) is 2. The molecule has 2 aliphatic rings. The Morgan fingerprint density at radius 1 is 1.07 bits per heavy atom. The molecule has 0 radical (unpaired) electrons. The number of rotatable bonds is 7.